The molecule has 1 aromatic carbocycles. The maximum atomic E-state index is 13.3. The monoisotopic (exact) mass is 380 g/mol. The molecule has 0 spiro atoms. The van der Waals surface area contributed by atoms with E-state index in [2.05, 4.69) is 15.9 Å². The van der Waals surface area contributed by atoms with Crippen LogP contribution in [0, 0.1) is 11.8 Å². The Morgan fingerprint density at radius 3 is 2.57 bits per heavy atom. The molecule has 0 saturated carbocycles. The zero-order valence-corrected chi connectivity index (χ0v) is 16.2. The van der Waals surface area contributed by atoms with Crippen LogP contribution in [0.4, 0.5) is 0 Å². The minimum Gasteiger partial charge on any atom is -0.478 e. The number of rotatable bonds is 2. The molecule has 1 amide bonds. The third-order valence-electron chi connectivity index (χ3n) is 7.30. The van der Waals surface area contributed by atoms with Crippen LogP contribution in [-0.2, 0) is 0 Å². The molecule has 3 fully saturated rings. The van der Waals surface area contributed by atoms with Gasteiger partial charge in [-0.2, -0.15) is 0 Å². The molecule has 2 bridgehead atoms. The average Bonchev–Trinajstić information content (AvgIpc) is 2.73. The summed E-state index contributed by atoms with van der Waals surface area (Å²) in [5.41, 5.74) is 2.30. The summed E-state index contributed by atoms with van der Waals surface area (Å²) >= 11 is 0. The number of amides is 1. The van der Waals surface area contributed by atoms with Crippen LogP contribution in [0.15, 0.2) is 35.9 Å². The fourth-order valence-corrected chi connectivity index (χ4v) is 6.12. The van der Waals surface area contributed by atoms with E-state index >= 15 is 0 Å². The highest BCUT2D eigenvalue weighted by Crippen LogP contribution is 2.45. The Bertz CT molecular complexity index is 816. The third-order valence-corrected chi connectivity index (χ3v) is 7.30. The average molecular weight is 380 g/mol. The first-order chi connectivity index (χ1) is 13.6. The Hall–Kier alpha value is -2.14. The number of likely N-dealkylation sites (tertiary alicyclic amines) is 1. The molecule has 3 aliphatic heterocycles. The molecule has 148 valence electrons. The van der Waals surface area contributed by atoms with Gasteiger partial charge in [-0.05, 0) is 74.8 Å². The molecular formula is C23H28N2O3. The number of carbonyl (C=O) groups excluding carboxylic acids is 1. The normalized spacial score (nSPS) is 32.1. The number of carboxylic acids is 1. The molecule has 4 atom stereocenters. The summed E-state index contributed by atoms with van der Waals surface area (Å²) in [6, 6.07) is 7.33. The van der Waals surface area contributed by atoms with E-state index in [1.165, 1.54) is 49.9 Å². The van der Waals surface area contributed by atoms with Gasteiger partial charge >= 0.3 is 5.97 Å². The molecule has 0 unspecified atom stereocenters. The van der Waals surface area contributed by atoms with Gasteiger partial charge in [-0.1, -0.05) is 18.1 Å². The minimum absolute atomic E-state index is 0.0479. The summed E-state index contributed by atoms with van der Waals surface area (Å²) < 4.78 is 0. The molecule has 5 heteroatoms. The van der Waals surface area contributed by atoms with E-state index in [1.807, 2.05) is 0 Å². The summed E-state index contributed by atoms with van der Waals surface area (Å²) in [6.45, 7) is 3.12. The molecule has 0 radical (unpaired) electrons. The predicted octanol–water partition coefficient (Wildman–Crippen LogP) is 3.42. The first-order valence-corrected chi connectivity index (χ1v) is 10.7. The van der Waals surface area contributed by atoms with Crippen LogP contribution in [-0.4, -0.2) is 58.5 Å². The van der Waals surface area contributed by atoms with Crippen molar-refractivity contribution < 1.29 is 14.7 Å². The first kappa shape index (κ1) is 17.9. The molecule has 0 aromatic heterocycles. The van der Waals surface area contributed by atoms with Gasteiger partial charge in [0.05, 0.1) is 11.6 Å². The lowest BCUT2D eigenvalue weighted by Crippen LogP contribution is -2.60. The lowest BCUT2D eigenvalue weighted by atomic mass is 9.68. The van der Waals surface area contributed by atoms with Crippen LogP contribution in [0.25, 0.3) is 0 Å². The van der Waals surface area contributed by atoms with Crippen LogP contribution >= 0.6 is 0 Å². The summed E-state index contributed by atoms with van der Waals surface area (Å²) in [7, 11) is 0. The second-order valence-corrected chi connectivity index (χ2v) is 8.89. The van der Waals surface area contributed by atoms with Crippen molar-refractivity contribution in [2.24, 2.45) is 11.8 Å². The van der Waals surface area contributed by atoms with Gasteiger partial charge in [0.25, 0.3) is 5.91 Å². The number of fused-ring (bicyclic) bond motifs is 6. The molecule has 1 aromatic rings. The molecule has 5 nitrogen and oxygen atoms in total. The molecular weight excluding hydrogens is 352 g/mol. The Morgan fingerprint density at radius 2 is 1.79 bits per heavy atom. The number of piperidine rings is 3. The summed E-state index contributed by atoms with van der Waals surface area (Å²) in [5.74, 6) is 0.280. The van der Waals surface area contributed by atoms with E-state index in [-0.39, 0.29) is 17.5 Å². The topological polar surface area (TPSA) is 60.9 Å². The number of aromatic carboxylic acids is 1. The van der Waals surface area contributed by atoms with E-state index < -0.39 is 5.97 Å². The highest BCUT2D eigenvalue weighted by atomic mass is 16.4. The molecule has 4 aliphatic rings. The highest BCUT2D eigenvalue weighted by Gasteiger charge is 2.46. The molecule has 1 N–H and O–H groups in total. The zero-order valence-electron chi connectivity index (χ0n) is 16.2. The summed E-state index contributed by atoms with van der Waals surface area (Å²) in [4.78, 5) is 29.2. The number of hydrogen-bond donors (Lipinski definition) is 1. The largest absolute Gasteiger partial charge is 0.478 e. The SMILES string of the molecule is O=C(O)c1ccc(C(=O)N2CCCC3=C[C@H]4C[C@H](CN5CCCC[C@H]45)[C@@H]32)cc1. The Labute approximate surface area is 166 Å². The Kier molecular flexibility index (Phi) is 4.50. The number of hydrogen-bond acceptors (Lipinski definition) is 3. The van der Waals surface area contributed by atoms with E-state index in [1.54, 1.807) is 12.1 Å². The lowest BCUT2D eigenvalue weighted by molar-refractivity contribution is 0.00147. The molecule has 1 aliphatic carbocycles. The number of nitrogens with zero attached hydrogens (tertiary/aromatic N) is 2. The summed E-state index contributed by atoms with van der Waals surface area (Å²) in [6.07, 6.45) is 9.85. The van der Waals surface area contributed by atoms with Crippen LogP contribution < -0.4 is 0 Å². The molecule has 28 heavy (non-hydrogen) atoms. The second-order valence-electron chi connectivity index (χ2n) is 8.89. The second kappa shape index (κ2) is 7.03. The maximum Gasteiger partial charge on any atom is 0.335 e. The van der Waals surface area contributed by atoms with Crippen molar-refractivity contribution in [1.29, 1.82) is 0 Å². The quantitative estimate of drug-likeness (QED) is 0.799. The summed E-state index contributed by atoms with van der Waals surface area (Å²) in [5, 5.41) is 9.10. The number of carbonyl (C=O) groups is 2. The van der Waals surface area contributed by atoms with Crippen LogP contribution in [0.1, 0.15) is 59.2 Å². The number of carboxylic acid groups (broad SMARTS) is 1. The van der Waals surface area contributed by atoms with Gasteiger partial charge in [0.1, 0.15) is 0 Å². The Morgan fingerprint density at radius 1 is 1.00 bits per heavy atom. The van der Waals surface area contributed by atoms with Crippen molar-refractivity contribution >= 4 is 11.9 Å². The van der Waals surface area contributed by atoms with Crippen molar-refractivity contribution in [3.63, 3.8) is 0 Å². The van der Waals surface area contributed by atoms with Crippen molar-refractivity contribution in [1.82, 2.24) is 9.80 Å². The standard InChI is InChI=1S/C23H28N2O3/c26-22(15-6-8-16(9-7-15)23(27)28)25-11-3-4-17-12-18-13-19(21(17)25)14-24-10-2-1-5-20(18)24/h6-9,12,18-21H,1-5,10-11,13-14H2,(H,27,28)/t18-,19+,20+,21+/m0/s1. The van der Waals surface area contributed by atoms with Crippen molar-refractivity contribution in [3.8, 4) is 0 Å². The van der Waals surface area contributed by atoms with E-state index in [0.29, 0.717) is 23.4 Å². The third kappa shape index (κ3) is 2.96. The molecule has 3 saturated heterocycles. The van der Waals surface area contributed by atoms with Crippen LogP contribution in [0.5, 0.6) is 0 Å². The van der Waals surface area contributed by atoms with Crippen LogP contribution in [0.2, 0.25) is 0 Å². The maximum absolute atomic E-state index is 13.3. The minimum atomic E-state index is -0.959. The lowest BCUT2D eigenvalue weighted by Gasteiger charge is -2.54. The van der Waals surface area contributed by atoms with Crippen molar-refractivity contribution in [2.45, 2.75) is 50.6 Å². The predicted molar refractivity (Wildman–Crippen MR) is 106 cm³/mol. The fraction of sp³-hybridized carbons (Fsp3) is 0.565. The van der Waals surface area contributed by atoms with Gasteiger partial charge in [0.2, 0.25) is 0 Å². The van der Waals surface area contributed by atoms with Crippen LogP contribution in [0.3, 0.4) is 0 Å². The Balaban J connectivity index is 1.42. The van der Waals surface area contributed by atoms with Crippen molar-refractivity contribution in [3.05, 3.63) is 47.0 Å². The smallest absolute Gasteiger partial charge is 0.335 e. The molecule has 3 heterocycles. The van der Waals surface area contributed by atoms with Gasteiger partial charge in [0, 0.05) is 24.7 Å². The van der Waals surface area contributed by atoms with Gasteiger partial charge in [-0.3, -0.25) is 9.69 Å². The van der Waals surface area contributed by atoms with E-state index in [4.69, 9.17) is 5.11 Å². The van der Waals surface area contributed by atoms with E-state index in [9.17, 15) is 9.59 Å². The molecule has 5 rings (SSSR count). The fourth-order valence-electron chi connectivity index (χ4n) is 6.12. The number of benzene rings is 1. The first-order valence-electron chi connectivity index (χ1n) is 10.7. The highest BCUT2D eigenvalue weighted by molar-refractivity contribution is 5.96. The van der Waals surface area contributed by atoms with Gasteiger partial charge in [-0.15, -0.1) is 0 Å². The van der Waals surface area contributed by atoms with E-state index in [0.717, 1.165) is 25.9 Å². The zero-order chi connectivity index (χ0) is 19.3. The van der Waals surface area contributed by atoms with Crippen molar-refractivity contribution in [2.75, 3.05) is 19.6 Å². The van der Waals surface area contributed by atoms with Gasteiger partial charge in [-0.25, -0.2) is 4.79 Å². The van der Waals surface area contributed by atoms with Gasteiger partial charge < -0.3 is 10.0 Å². The van der Waals surface area contributed by atoms with Gasteiger partial charge in [0.15, 0.2) is 0 Å².